The number of azo groups is 4. The van der Waals surface area contributed by atoms with Crippen LogP contribution in [0.3, 0.4) is 0 Å². The SMILES string of the molecule is O=S(=O)(O)c1ccc2c(N=Nc3cccc4ccccc34)ccc(N=Nc3ccc(N=Nc4ccc(N=Nc5cc(S(=O)(=O)O)c(O)c6ccc(S(=O)(=O)O)c(O)c56)c5cc(S(=O)(=O)O)ccc45)c4cc(S(=O)(=O)O)ccc34)c2c1. The third-order valence-corrected chi connectivity index (χ3v) is 16.6. The lowest BCUT2D eigenvalue weighted by molar-refractivity contribution is 0.441. The monoisotopic (exact) mass is 1180 g/mol. The van der Waals surface area contributed by atoms with E-state index in [1.165, 1.54) is 60.7 Å². The molecule has 0 aliphatic rings. The molecule has 80 heavy (non-hydrogen) atoms. The molecule has 404 valence electrons. The minimum atomic E-state index is -5.24. The minimum absolute atomic E-state index is 0.0252. The van der Waals surface area contributed by atoms with Gasteiger partial charge in [-0.15, -0.1) is 40.9 Å². The van der Waals surface area contributed by atoms with Gasteiger partial charge in [0.25, 0.3) is 50.6 Å². The van der Waals surface area contributed by atoms with Crippen LogP contribution in [0.25, 0.3) is 53.9 Å². The van der Waals surface area contributed by atoms with Gasteiger partial charge < -0.3 is 10.2 Å². The molecule has 7 N–H and O–H groups in total. The minimum Gasteiger partial charge on any atom is -0.506 e. The van der Waals surface area contributed by atoms with Gasteiger partial charge in [-0.25, -0.2) is 0 Å². The quantitative estimate of drug-likeness (QED) is 0.0416. The Labute approximate surface area is 451 Å². The van der Waals surface area contributed by atoms with E-state index in [0.717, 1.165) is 41.1 Å². The lowest BCUT2D eigenvalue weighted by Crippen LogP contribution is -2.01. The zero-order valence-corrected chi connectivity index (χ0v) is 43.8. The first kappa shape index (κ1) is 54.4. The summed E-state index contributed by atoms with van der Waals surface area (Å²) in [6, 6.07) is 33.6. The number of fused-ring (bicyclic) bond motifs is 5. The number of phenols is 2. The molecule has 0 aromatic heterocycles. The van der Waals surface area contributed by atoms with Crippen LogP contribution in [-0.4, -0.2) is 75.1 Å². The van der Waals surface area contributed by atoms with Crippen LogP contribution in [0.4, 0.5) is 45.5 Å². The summed E-state index contributed by atoms with van der Waals surface area (Å²) in [6.45, 7) is 0. The fraction of sp³-hybridized carbons (Fsp3) is 0. The molecule has 0 fully saturated rings. The Morgan fingerprint density at radius 1 is 0.263 bits per heavy atom. The standard InChI is InChI=1S/C50H32N8O17S5/c59-49-34-14-21-46(79(70,71)72)50(60)48(34)45(25-47(49)80(73,74)75)58-57-44-20-17-41(33-13-10-29(24-37(33)44)78(67,68)69)54-56-43-19-16-40(32-12-9-28(23-36(32)43)77(64,65)66)53-55-42-18-15-39(31-11-8-27(22-35(31)42)76(61,62)63)52-51-38-7-3-5-26-4-1-2-6-30(26)38/h1-25,59-60H,(H,61,62,63)(H,64,65,66)(H,67,68,69)(H,70,71,72)(H,73,74,75). The molecule has 10 aromatic rings. The van der Waals surface area contributed by atoms with Gasteiger partial charge in [0.2, 0.25) is 0 Å². The number of benzene rings is 10. The smallest absolute Gasteiger partial charge is 0.298 e. The molecule has 0 spiro atoms. The van der Waals surface area contributed by atoms with Crippen molar-refractivity contribution in [2.45, 2.75) is 24.5 Å². The Morgan fingerprint density at radius 2 is 0.600 bits per heavy atom. The highest BCUT2D eigenvalue weighted by molar-refractivity contribution is 7.87. The first-order chi connectivity index (χ1) is 37.6. The Balaban J connectivity index is 1.07. The summed E-state index contributed by atoms with van der Waals surface area (Å²) in [4.78, 5) is -3.96. The van der Waals surface area contributed by atoms with Crippen molar-refractivity contribution in [3.05, 3.63) is 152 Å². The first-order valence-electron chi connectivity index (χ1n) is 22.4. The molecule has 25 nitrogen and oxygen atoms in total. The van der Waals surface area contributed by atoms with Crippen LogP contribution in [0.5, 0.6) is 11.5 Å². The highest BCUT2D eigenvalue weighted by Gasteiger charge is 2.27. The van der Waals surface area contributed by atoms with Crippen molar-refractivity contribution in [1.82, 2.24) is 0 Å². The third kappa shape index (κ3) is 10.7. The van der Waals surface area contributed by atoms with Gasteiger partial charge in [-0.05, 0) is 102 Å². The molecule has 0 bridgehead atoms. The molecule has 0 saturated carbocycles. The predicted molar refractivity (Wildman–Crippen MR) is 289 cm³/mol. The lowest BCUT2D eigenvalue weighted by atomic mass is 10.1. The molecular weight excluding hydrogens is 1140 g/mol. The molecule has 0 atom stereocenters. The Morgan fingerprint density at radius 3 is 0.988 bits per heavy atom. The van der Waals surface area contributed by atoms with E-state index >= 15 is 0 Å². The van der Waals surface area contributed by atoms with Crippen molar-refractivity contribution in [1.29, 1.82) is 0 Å². The molecule has 0 aliphatic carbocycles. The second kappa shape index (κ2) is 20.1. The van der Waals surface area contributed by atoms with Crippen LogP contribution in [0.1, 0.15) is 0 Å². The topological polar surface area (TPSA) is 411 Å². The van der Waals surface area contributed by atoms with Gasteiger partial charge in [-0.3, -0.25) is 22.8 Å². The summed E-state index contributed by atoms with van der Waals surface area (Å²) in [5.41, 5.74) is -0.0122. The molecule has 0 radical (unpaired) electrons. The van der Waals surface area contributed by atoms with E-state index in [9.17, 15) is 75.1 Å². The van der Waals surface area contributed by atoms with Crippen LogP contribution in [0, 0.1) is 0 Å². The Kier molecular flexibility index (Phi) is 13.6. The van der Waals surface area contributed by atoms with Gasteiger partial charge in [-0.2, -0.15) is 42.1 Å². The average molecular weight is 1180 g/mol. The molecule has 0 unspecified atom stereocenters. The number of hydrogen-bond donors (Lipinski definition) is 7. The fourth-order valence-corrected chi connectivity index (χ4v) is 11.3. The number of phenolic OH excluding ortho intramolecular Hbond substituents is 2. The van der Waals surface area contributed by atoms with E-state index < -0.39 is 103 Å². The molecule has 0 aliphatic heterocycles. The van der Waals surface area contributed by atoms with Crippen LogP contribution in [-0.2, 0) is 50.6 Å². The summed E-state index contributed by atoms with van der Waals surface area (Å²) in [5.74, 6) is -2.36. The van der Waals surface area contributed by atoms with Crippen molar-refractivity contribution in [2.24, 2.45) is 40.9 Å². The maximum atomic E-state index is 12.4. The van der Waals surface area contributed by atoms with Gasteiger partial charge >= 0.3 is 0 Å². The molecule has 0 heterocycles. The van der Waals surface area contributed by atoms with E-state index in [1.54, 1.807) is 12.1 Å². The normalized spacial score (nSPS) is 13.2. The van der Waals surface area contributed by atoms with Gasteiger partial charge in [-0.1, -0.05) is 54.6 Å². The zero-order chi connectivity index (χ0) is 57.3. The van der Waals surface area contributed by atoms with Crippen molar-refractivity contribution >= 4 is 150 Å². The predicted octanol–water partition coefficient (Wildman–Crippen LogP) is 12.8. The summed E-state index contributed by atoms with van der Waals surface area (Å²) < 4.78 is 173. The fourth-order valence-electron chi connectivity index (χ4n) is 8.53. The molecule has 30 heteroatoms. The van der Waals surface area contributed by atoms with E-state index in [1.807, 2.05) is 36.4 Å². The van der Waals surface area contributed by atoms with Gasteiger partial charge in [0.05, 0.1) is 65.6 Å². The van der Waals surface area contributed by atoms with Gasteiger partial charge in [0.1, 0.15) is 21.3 Å². The summed E-state index contributed by atoms with van der Waals surface area (Å²) >= 11 is 0. The maximum Gasteiger partial charge on any atom is 0.298 e. The highest BCUT2D eigenvalue weighted by Crippen LogP contribution is 2.47. The number of aromatic hydroxyl groups is 2. The molecule has 0 amide bonds. The maximum absolute atomic E-state index is 12.4. The van der Waals surface area contributed by atoms with Crippen LogP contribution < -0.4 is 0 Å². The average Bonchev–Trinajstić information content (AvgIpc) is 3.50. The van der Waals surface area contributed by atoms with Crippen LogP contribution >= 0.6 is 0 Å². The van der Waals surface area contributed by atoms with Gasteiger partial charge in [0.15, 0.2) is 0 Å². The summed E-state index contributed by atoms with van der Waals surface area (Å²) in [5, 5.41) is 57.2. The highest BCUT2D eigenvalue weighted by atomic mass is 32.2. The molecular formula is C50H32N8O17S5. The summed E-state index contributed by atoms with van der Waals surface area (Å²) in [6.07, 6.45) is 0. The van der Waals surface area contributed by atoms with Gasteiger partial charge in [0, 0.05) is 43.1 Å². The molecule has 10 rings (SSSR count). The Hall–Kier alpha value is -8.95. The molecule has 0 saturated heterocycles. The van der Waals surface area contributed by atoms with E-state index in [2.05, 4.69) is 40.9 Å². The zero-order valence-electron chi connectivity index (χ0n) is 39.8. The second-order valence-corrected chi connectivity index (χ2v) is 24.2. The lowest BCUT2D eigenvalue weighted by Gasteiger charge is -2.12. The van der Waals surface area contributed by atoms with Crippen molar-refractivity contribution in [3.8, 4) is 11.5 Å². The van der Waals surface area contributed by atoms with E-state index in [4.69, 9.17) is 0 Å². The largest absolute Gasteiger partial charge is 0.506 e. The number of hydrogen-bond acceptors (Lipinski definition) is 20. The van der Waals surface area contributed by atoms with Crippen molar-refractivity contribution in [2.75, 3.05) is 0 Å². The Bertz CT molecular complexity index is 5080. The summed E-state index contributed by atoms with van der Waals surface area (Å²) in [7, 11) is -24.9. The van der Waals surface area contributed by atoms with Crippen LogP contribution in [0.2, 0.25) is 0 Å². The van der Waals surface area contributed by atoms with E-state index in [-0.39, 0.29) is 55.4 Å². The third-order valence-electron chi connectivity index (χ3n) is 12.3. The van der Waals surface area contributed by atoms with Crippen molar-refractivity contribution < 1.29 is 75.1 Å². The second-order valence-electron chi connectivity index (χ2n) is 17.2. The number of rotatable bonds is 13. The first-order valence-corrected chi connectivity index (χ1v) is 29.6. The van der Waals surface area contributed by atoms with Crippen molar-refractivity contribution in [3.63, 3.8) is 0 Å². The van der Waals surface area contributed by atoms with E-state index in [0.29, 0.717) is 28.9 Å². The van der Waals surface area contributed by atoms with Crippen LogP contribution in [0.15, 0.2) is 217 Å². The molecule has 10 aromatic carbocycles. The number of nitrogens with zero attached hydrogens (tertiary/aromatic N) is 8.